The summed E-state index contributed by atoms with van der Waals surface area (Å²) in [5, 5.41) is 10.2. The molecule has 0 saturated carbocycles. The maximum atomic E-state index is 10.2. The molecule has 0 aliphatic carbocycles. The fourth-order valence-electron chi connectivity index (χ4n) is 1.27. The van der Waals surface area contributed by atoms with Gasteiger partial charge in [-0.3, -0.25) is 0 Å². The van der Waals surface area contributed by atoms with E-state index in [9.17, 15) is 5.11 Å². The molecule has 0 aliphatic rings. The Bertz CT molecular complexity index is 296. The van der Waals surface area contributed by atoms with Crippen LogP contribution in [0.1, 0.15) is 31.2 Å². The van der Waals surface area contributed by atoms with Gasteiger partial charge < -0.3 is 10.8 Å². The Balaban J connectivity index is 2.88. The number of rotatable bonds is 4. The first-order valence-corrected chi connectivity index (χ1v) is 6.28. The summed E-state index contributed by atoms with van der Waals surface area (Å²) in [7, 11) is 0. The lowest BCUT2D eigenvalue weighted by atomic mass is 9.81. The van der Waals surface area contributed by atoms with E-state index in [4.69, 9.17) is 5.73 Å². The molecule has 80 valence electrons. The largest absolute Gasteiger partial charge is 0.387 e. The van der Waals surface area contributed by atoms with Crippen LogP contribution in [-0.2, 0) is 0 Å². The minimum Gasteiger partial charge on any atom is -0.387 e. The third-order valence-electron chi connectivity index (χ3n) is 2.80. The molecule has 14 heavy (non-hydrogen) atoms. The Morgan fingerprint density at radius 3 is 2.64 bits per heavy atom. The Morgan fingerprint density at radius 1 is 1.64 bits per heavy atom. The molecule has 0 radical (unpaired) electrons. The number of halogens is 1. The van der Waals surface area contributed by atoms with Gasteiger partial charge in [0.05, 0.1) is 9.89 Å². The zero-order valence-corrected chi connectivity index (χ0v) is 10.9. The Morgan fingerprint density at radius 2 is 2.29 bits per heavy atom. The maximum absolute atomic E-state index is 10.2. The van der Waals surface area contributed by atoms with Crippen LogP contribution in [0.4, 0.5) is 0 Å². The second kappa shape index (κ2) is 4.75. The van der Waals surface area contributed by atoms with Crippen molar-refractivity contribution in [2.45, 2.75) is 26.4 Å². The molecule has 1 rings (SSSR count). The average molecular weight is 278 g/mol. The summed E-state index contributed by atoms with van der Waals surface area (Å²) in [4.78, 5) is 0.978. The second-order valence-corrected chi connectivity index (χ2v) is 6.25. The number of aliphatic hydroxyl groups excluding tert-OH is 1. The van der Waals surface area contributed by atoms with Crippen molar-refractivity contribution in [3.8, 4) is 0 Å². The van der Waals surface area contributed by atoms with Crippen molar-refractivity contribution in [1.29, 1.82) is 0 Å². The molecule has 2 unspecified atom stereocenters. The van der Waals surface area contributed by atoms with Crippen LogP contribution in [0.5, 0.6) is 0 Å². The predicted molar refractivity (Wildman–Crippen MR) is 64.4 cm³/mol. The van der Waals surface area contributed by atoms with Crippen LogP contribution >= 0.6 is 27.3 Å². The summed E-state index contributed by atoms with van der Waals surface area (Å²) in [5.41, 5.74) is 5.48. The number of aliphatic hydroxyl groups is 1. The average Bonchev–Trinajstić information content (AvgIpc) is 2.62. The summed E-state index contributed by atoms with van der Waals surface area (Å²) in [6.07, 6.45) is 0.411. The molecule has 0 fully saturated rings. The summed E-state index contributed by atoms with van der Waals surface area (Å²) < 4.78 is 1.04. The van der Waals surface area contributed by atoms with E-state index < -0.39 is 6.10 Å². The summed E-state index contributed by atoms with van der Waals surface area (Å²) in [6, 6.07) is 3.90. The summed E-state index contributed by atoms with van der Waals surface area (Å²) in [6.45, 7) is 4.57. The molecule has 2 atom stereocenters. The summed E-state index contributed by atoms with van der Waals surface area (Å²) in [5.74, 6) is 0. The normalized spacial score (nSPS) is 17.8. The minimum atomic E-state index is -0.464. The Hall–Kier alpha value is 0.1000. The molecule has 0 saturated heterocycles. The molecule has 0 aromatic carbocycles. The quantitative estimate of drug-likeness (QED) is 0.889. The van der Waals surface area contributed by atoms with Crippen LogP contribution in [-0.4, -0.2) is 11.7 Å². The van der Waals surface area contributed by atoms with Crippen molar-refractivity contribution < 1.29 is 5.11 Å². The highest BCUT2D eigenvalue weighted by Gasteiger charge is 2.31. The third kappa shape index (κ3) is 2.37. The number of nitrogens with two attached hydrogens (primary N) is 1. The van der Waals surface area contributed by atoms with Gasteiger partial charge in [0.15, 0.2) is 0 Å². The van der Waals surface area contributed by atoms with Crippen LogP contribution in [0.25, 0.3) is 0 Å². The SMILES string of the molecule is CCC(C)(CN)C(O)c1ccc(Br)s1. The monoisotopic (exact) mass is 277 g/mol. The lowest BCUT2D eigenvalue weighted by Gasteiger charge is -2.31. The molecule has 0 aliphatic heterocycles. The third-order valence-corrected chi connectivity index (χ3v) is 4.47. The number of hydrogen-bond donors (Lipinski definition) is 2. The Labute approximate surface area is 97.3 Å². The standard InChI is InChI=1S/C10H16BrNOS/c1-3-10(2,6-12)9(13)7-4-5-8(11)14-7/h4-5,9,13H,3,6,12H2,1-2H3. The Kier molecular flexibility index (Phi) is 4.13. The number of thiophene rings is 1. The van der Waals surface area contributed by atoms with Crippen LogP contribution in [0.3, 0.4) is 0 Å². The molecular formula is C10H16BrNOS. The predicted octanol–water partition coefficient (Wildman–Crippen LogP) is 2.92. The molecule has 2 nitrogen and oxygen atoms in total. The van der Waals surface area contributed by atoms with Crippen LogP contribution < -0.4 is 5.73 Å². The van der Waals surface area contributed by atoms with Crippen molar-refractivity contribution in [2.75, 3.05) is 6.54 Å². The van der Waals surface area contributed by atoms with Gasteiger partial charge in [0, 0.05) is 16.8 Å². The van der Waals surface area contributed by atoms with Crippen molar-refractivity contribution in [3.63, 3.8) is 0 Å². The highest BCUT2D eigenvalue weighted by Crippen LogP contribution is 2.39. The van der Waals surface area contributed by atoms with Crippen LogP contribution in [0.15, 0.2) is 15.9 Å². The first kappa shape index (κ1) is 12.2. The van der Waals surface area contributed by atoms with E-state index >= 15 is 0 Å². The van der Waals surface area contributed by atoms with Gasteiger partial charge in [-0.1, -0.05) is 13.8 Å². The maximum Gasteiger partial charge on any atom is 0.0947 e. The van der Waals surface area contributed by atoms with Gasteiger partial charge in [0.1, 0.15) is 0 Å². The highest BCUT2D eigenvalue weighted by atomic mass is 79.9. The van der Waals surface area contributed by atoms with E-state index in [2.05, 4.69) is 22.9 Å². The molecule has 1 aromatic heterocycles. The van der Waals surface area contributed by atoms with Gasteiger partial charge in [0.25, 0.3) is 0 Å². The van der Waals surface area contributed by atoms with Gasteiger partial charge in [-0.05, 0) is 34.5 Å². The van der Waals surface area contributed by atoms with Crippen molar-refractivity contribution >= 4 is 27.3 Å². The smallest absolute Gasteiger partial charge is 0.0947 e. The number of hydrogen-bond acceptors (Lipinski definition) is 3. The van der Waals surface area contributed by atoms with E-state index in [0.29, 0.717) is 6.54 Å². The van der Waals surface area contributed by atoms with E-state index in [1.54, 1.807) is 11.3 Å². The van der Waals surface area contributed by atoms with Gasteiger partial charge in [-0.15, -0.1) is 11.3 Å². The van der Waals surface area contributed by atoms with Crippen LogP contribution in [0.2, 0.25) is 0 Å². The van der Waals surface area contributed by atoms with Crippen molar-refractivity contribution in [1.82, 2.24) is 0 Å². The van der Waals surface area contributed by atoms with E-state index in [1.165, 1.54) is 0 Å². The lowest BCUT2D eigenvalue weighted by Crippen LogP contribution is -2.32. The molecule has 4 heteroatoms. The van der Waals surface area contributed by atoms with Crippen LogP contribution in [0, 0.1) is 5.41 Å². The first-order valence-electron chi connectivity index (χ1n) is 4.67. The lowest BCUT2D eigenvalue weighted by molar-refractivity contribution is 0.0420. The fourth-order valence-corrected chi connectivity index (χ4v) is 2.85. The van der Waals surface area contributed by atoms with Gasteiger partial charge in [-0.2, -0.15) is 0 Å². The highest BCUT2D eigenvalue weighted by molar-refractivity contribution is 9.11. The van der Waals surface area contributed by atoms with Gasteiger partial charge in [0.2, 0.25) is 0 Å². The summed E-state index contributed by atoms with van der Waals surface area (Å²) >= 11 is 4.95. The molecule has 0 spiro atoms. The van der Waals surface area contributed by atoms with E-state index in [-0.39, 0.29) is 5.41 Å². The fraction of sp³-hybridized carbons (Fsp3) is 0.600. The van der Waals surface area contributed by atoms with E-state index in [1.807, 2.05) is 19.1 Å². The zero-order valence-electron chi connectivity index (χ0n) is 8.46. The molecular weight excluding hydrogens is 262 g/mol. The van der Waals surface area contributed by atoms with Gasteiger partial charge in [-0.25, -0.2) is 0 Å². The zero-order chi connectivity index (χ0) is 10.8. The molecule has 0 bridgehead atoms. The van der Waals surface area contributed by atoms with Gasteiger partial charge >= 0.3 is 0 Å². The molecule has 3 N–H and O–H groups in total. The van der Waals surface area contributed by atoms with Crippen molar-refractivity contribution in [3.05, 3.63) is 20.8 Å². The second-order valence-electron chi connectivity index (χ2n) is 3.76. The first-order chi connectivity index (χ1) is 6.53. The van der Waals surface area contributed by atoms with Crippen molar-refractivity contribution in [2.24, 2.45) is 11.1 Å². The molecule has 0 amide bonds. The molecule has 1 heterocycles. The minimum absolute atomic E-state index is 0.218. The topological polar surface area (TPSA) is 46.2 Å². The molecule has 1 aromatic rings. The van der Waals surface area contributed by atoms with E-state index in [0.717, 1.165) is 15.1 Å².